The molecule has 8 amide bonds. The van der Waals surface area contributed by atoms with Crippen LogP contribution >= 0.6 is 0 Å². The van der Waals surface area contributed by atoms with Gasteiger partial charge in [0.15, 0.2) is 0 Å². The van der Waals surface area contributed by atoms with E-state index in [1.807, 2.05) is 77.9 Å². The minimum Gasteiger partial charge on any atom is -0.347 e. The molecule has 0 spiro atoms. The van der Waals surface area contributed by atoms with Crippen LogP contribution in [-0.2, 0) is 41.6 Å². The summed E-state index contributed by atoms with van der Waals surface area (Å²) in [6, 6.07) is 15.3. The van der Waals surface area contributed by atoms with Gasteiger partial charge in [-0.05, 0) is 137 Å². The number of likely N-dealkylation sites (N-methyl/N-ethyl adjacent to an activating group) is 2. The highest BCUT2D eigenvalue weighted by Crippen LogP contribution is 2.34. The molecule has 0 radical (unpaired) electrons. The quantitative estimate of drug-likeness (QED) is 0.103. The van der Waals surface area contributed by atoms with E-state index in [9.17, 15) is 38.4 Å². The first-order valence-corrected chi connectivity index (χ1v) is 27.0. The second kappa shape index (κ2) is 24.1. The van der Waals surface area contributed by atoms with Crippen LogP contribution < -0.4 is 42.5 Å². The van der Waals surface area contributed by atoms with Gasteiger partial charge >= 0.3 is 0 Å². The van der Waals surface area contributed by atoms with Gasteiger partial charge in [-0.2, -0.15) is 0 Å². The van der Waals surface area contributed by atoms with Crippen molar-refractivity contribution in [2.75, 3.05) is 27.2 Å². The second-order valence-corrected chi connectivity index (χ2v) is 23.3. The highest BCUT2D eigenvalue weighted by atomic mass is 16.2. The molecule has 0 saturated carbocycles. The summed E-state index contributed by atoms with van der Waals surface area (Å²) in [4.78, 5) is 115. The van der Waals surface area contributed by atoms with E-state index in [-0.39, 0.29) is 72.8 Å². The van der Waals surface area contributed by atoms with Crippen molar-refractivity contribution in [2.24, 2.45) is 10.8 Å². The molecule has 4 aliphatic rings. The molecule has 2 aliphatic heterocycles. The van der Waals surface area contributed by atoms with E-state index in [1.165, 1.54) is 45.2 Å². The van der Waals surface area contributed by atoms with Crippen LogP contribution in [0.2, 0.25) is 0 Å². The molecule has 76 heavy (non-hydrogen) atoms. The number of likely N-dealkylation sites (tertiary alicyclic amines) is 2. The minimum atomic E-state index is -0.981. The number of carbonyl (C=O) groups is 8. The Morgan fingerprint density at radius 3 is 1.21 bits per heavy atom. The first-order chi connectivity index (χ1) is 36.0. The normalized spacial score (nSPS) is 22.9. The predicted molar refractivity (Wildman–Crippen MR) is 290 cm³/mol. The van der Waals surface area contributed by atoms with Gasteiger partial charge in [-0.1, -0.05) is 90.1 Å². The first kappa shape index (κ1) is 57.1. The maximum atomic E-state index is 14.6. The molecule has 410 valence electrons. The monoisotopic (exact) mass is 1040 g/mol. The minimum absolute atomic E-state index is 0.0141. The van der Waals surface area contributed by atoms with Crippen LogP contribution in [0.5, 0.6) is 0 Å². The molecule has 2 heterocycles. The number of nitrogens with one attached hydrogen (secondary N) is 8. The van der Waals surface area contributed by atoms with Crippen LogP contribution in [0.1, 0.15) is 149 Å². The molecule has 7 rings (SSSR count). The van der Waals surface area contributed by atoms with Crippen molar-refractivity contribution >= 4 is 47.3 Å². The van der Waals surface area contributed by atoms with Crippen molar-refractivity contribution in [1.29, 1.82) is 0 Å². The van der Waals surface area contributed by atoms with E-state index in [4.69, 9.17) is 0 Å². The third kappa shape index (κ3) is 13.3. The second-order valence-electron chi connectivity index (χ2n) is 23.3. The van der Waals surface area contributed by atoms with E-state index in [1.54, 1.807) is 27.9 Å². The number of fused-ring (bicyclic) bond motifs is 2. The lowest BCUT2D eigenvalue weighted by atomic mass is 9.85. The Balaban J connectivity index is 1.06. The smallest absolute Gasteiger partial charge is 0.251 e. The van der Waals surface area contributed by atoms with Gasteiger partial charge in [-0.25, -0.2) is 0 Å². The third-order valence-corrected chi connectivity index (χ3v) is 15.7. The number of carbonyl (C=O) groups excluding carboxylic acids is 8. The largest absolute Gasteiger partial charge is 0.347 e. The summed E-state index contributed by atoms with van der Waals surface area (Å²) in [5.41, 5.74) is 3.44. The Kier molecular flexibility index (Phi) is 18.1. The summed E-state index contributed by atoms with van der Waals surface area (Å²) in [5.74, 6) is -3.23. The van der Waals surface area contributed by atoms with E-state index in [0.717, 1.165) is 49.7 Å². The molecular weight excluding hydrogens is 965 g/mol. The summed E-state index contributed by atoms with van der Waals surface area (Å²) in [6.45, 7) is 14.5. The zero-order valence-electron chi connectivity index (χ0n) is 45.9. The van der Waals surface area contributed by atoms with Crippen LogP contribution in [0.15, 0.2) is 72.8 Å². The van der Waals surface area contributed by atoms with Crippen molar-refractivity contribution in [2.45, 2.75) is 167 Å². The van der Waals surface area contributed by atoms with Gasteiger partial charge in [0.05, 0.1) is 24.2 Å². The van der Waals surface area contributed by atoms with Gasteiger partial charge in [-0.15, -0.1) is 0 Å². The number of benzene rings is 3. The number of hydrogen-bond donors (Lipinski definition) is 8. The maximum absolute atomic E-state index is 14.6. The van der Waals surface area contributed by atoms with Gasteiger partial charge in [0.25, 0.3) is 11.8 Å². The molecule has 2 aliphatic carbocycles. The van der Waals surface area contributed by atoms with Gasteiger partial charge in [0, 0.05) is 36.3 Å². The number of nitrogens with zero attached hydrogens (tertiary/aromatic N) is 2. The molecule has 0 aromatic heterocycles. The van der Waals surface area contributed by atoms with Crippen molar-refractivity contribution in [3.05, 3.63) is 106 Å². The van der Waals surface area contributed by atoms with E-state index >= 15 is 0 Å². The van der Waals surface area contributed by atoms with Crippen LogP contribution in [0, 0.1) is 10.8 Å². The number of rotatable bonds is 16. The highest BCUT2D eigenvalue weighted by molar-refractivity contribution is 5.99. The Labute approximate surface area is 447 Å². The average molecular weight is 1050 g/mol. The van der Waals surface area contributed by atoms with E-state index < -0.39 is 82.8 Å². The topological polar surface area (TPSA) is 239 Å². The molecule has 2 saturated heterocycles. The fourth-order valence-electron chi connectivity index (χ4n) is 10.9. The van der Waals surface area contributed by atoms with Crippen LogP contribution in [0.4, 0.5) is 0 Å². The Morgan fingerprint density at radius 1 is 0.513 bits per heavy atom. The van der Waals surface area contributed by atoms with Crippen molar-refractivity contribution in [3.63, 3.8) is 0 Å². The molecule has 3 aromatic rings. The van der Waals surface area contributed by atoms with Crippen molar-refractivity contribution in [3.8, 4) is 0 Å². The van der Waals surface area contributed by atoms with E-state index in [2.05, 4.69) is 54.7 Å². The fourth-order valence-corrected chi connectivity index (χ4v) is 10.9. The maximum Gasteiger partial charge on any atom is 0.251 e. The van der Waals surface area contributed by atoms with Crippen LogP contribution in [0.3, 0.4) is 0 Å². The summed E-state index contributed by atoms with van der Waals surface area (Å²) in [6.07, 6.45) is 5.33. The molecule has 18 nitrogen and oxygen atoms in total. The summed E-state index contributed by atoms with van der Waals surface area (Å²) in [7, 11) is 3.31. The standard InChI is InChI=1S/C58H80N10O8/c1-33(59-9)49(69)65-47(57(3,4)5)55(75)67-31-39(29-45(67)53(73)63-43-23-15-19-35-17-11-13-21-41(35)43)61-51(71)37-25-27-38(28-26-37)52(72)62-40-30-46(54(74)64-44-24-16-20-36-18-12-14-22-42(36)44)68(32-40)56(76)48(58(6,7)8)66-50(70)34(2)60-10/h11-14,17-18,21-22,25-28,33-34,39-40,43-48,59-60H,15-16,19-20,23-24,29-32H2,1-10H3,(H,61,71)(H,62,72)(H,63,73)(H,64,74)(H,65,69)(H,66,70)/t33-,34-,39-,40-,43-,44+,45-,46-,47+,48+/m0/s1. The Morgan fingerprint density at radius 2 is 0.868 bits per heavy atom. The average Bonchev–Trinajstić information content (AvgIpc) is 4.03. The molecule has 3 aromatic carbocycles. The van der Waals surface area contributed by atoms with Crippen molar-refractivity contribution in [1.82, 2.24) is 52.3 Å². The first-order valence-electron chi connectivity index (χ1n) is 27.0. The highest BCUT2D eigenvalue weighted by Gasteiger charge is 2.48. The molecular formula is C58H80N10O8. The Hall–Kier alpha value is -6.66. The summed E-state index contributed by atoms with van der Waals surface area (Å²) < 4.78 is 0. The zero-order valence-corrected chi connectivity index (χ0v) is 45.9. The number of hydrogen-bond acceptors (Lipinski definition) is 10. The lowest BCUT2D eigenvalue weighted by Crippen LogP contribution is -2.59. The molecule has 10 atom stereocenters. The predicted octanol–water partition coefficient (Wildman–Crippen LogP) is 3.75. The van der Waals surface area contributed by atoms with E-state index in [0.29, 0.717) is 0 Å². The van der Waals surface area contributed by atoms with Crippen molar-refractivity contribution < 1.29 is 38.4 Å². The molecule has 2 fully saturated rings. The summed E-state index contributed by atoms with van der Waals surface area (Å²) >= 11 is 0. The molecule has 0 bridgehead atoms. The Bertz CT molecular complexity index is 2470. The van der Waals surface area contributed by atoms with Gasteiger partial charge in [-0.3, -0.25) is 38.4 Å². The van der Waals surface area contributed by atoms with Gasteiger partial charge < -0.3 is 52.3 Å². The lowest BCUT2D eigenvalue weighted by Gasteiger charge is -2.36. The van der Waals surface area contributed by atoms with Crippen LogP contribution in [0.25, 0.3) is 0 Å². The molecule has 18 heteroatoms. The third-order valence-electron chi connectivity index (χ3n) is 15.7. The summed E-state index contributed by atoms with van der Waals surface area (Å²) in [5, 5.41) is 24.1. The van der Waals surface area contributed by atoms with Crippen LogP contribution in [-0.4, -0.2) is 133 Å². The fraction of sp³-hybridized carbons (Fsp3) is 0.552. The van der Waals surface area contributed by atoms with Gasteiger partial charge in [0.2, 0.25) is 35.4 Å². The molecule has 0 unspecified atom stereocenters. The lowest BCUT2D eigenvalue weighted by molar-refractivity contribution is -0.144. The zero-order chi connectivity index (χ0) is 55.2. The SMILES string of the molecule is CN[C@@H](C)C(=O)N[C@H](C(=O)N1C[C@@H](NC(=O)c2ccc(C(=O)N[C@H]3C[C@@H](C(=O)N[C@@H]4CCCc5ccccc54)N(C(=O)[C@@H](NC(=O)[C@H](C)NC)C(C)(C)C)C3)cc2)C[C@H]1C(=O)N[C@H]1CCCc2ccccc21)C(C)(C)C. The van der Waals surface area contributed by atoms with Gasteiger partial charge in [0.1, 0.15) is 24.2 Å². The number of amides is 8. The molecule has 8 N–H and O–H groups in total. The number of aryl methyl sites for hydroxylation is 2.